The summed E-state index contributed by atoms with van der Waals surface area (Å²) in [7, 11) is 0. The summed E-state index contributed by atoms with van der Waals surface area (Å²) in [6, 6.07) is 6.95. The molecule has 0 amide bonds. The van der Waals surface area contributed by atoms with Crippen LogP contribution < -0.4 is 5.73 Å². The van der Waals surface area contributed by atoms with E-state index in [1.54, 1.807) is 6.20 Å². The third-order valence-electron chi connectivity index (χ3n) is 3.04. The summed E-state index contributed by atoms with van der Waals surface area (Å²) in [5.74, 6) is -0.363. The van der Waals surface area contributed by atoms with Crippen LogP contribution in [0.1, 0.15) is 37.2 Å². The first kappa shape index (κ1) is 13.3. The SMILES string of the molecule is CC(C)c1ccc(-c2cnc(C(N)C(=O)O)[nH]2)cc1. The van der Waals surface area contributed by atoms with Crippen LogP contribution in [0.2, 0.25) is 0 Å². The summed E-state index contributed by atoms with van der Waals surface area (Å²) in [6.07, 6.45) is 1.60. The number of aromatic nitrogens is 2. The molecule has 1 aromatic heterocycles. The summed E-state index contributed by atoms with van der Waals surface area (Å²) in [5.41, 5.74) is 8.48. The van der Waals surface area contributed by atoms with E-state index in [9.17, 15) is 4.79 Å². The van der Waals surface area contributed by atoms with E-state index >= 15 is 0 Å². The molecule has 2 aromatic rings. The number of benzene rings is 1. The van der Waals surface area contributed by atoms with Crippen LogP contribution in [-0.4, -0.2) is 21.0 Å². The monoisotopic (exact) mass is 259 g/mol. The predicted molar refractivity (Wildman–Crippen MR) is 72.7 cm³/mol. The highest BCUT2D eigenvalue weighted by Crippen LogP contribution is 2.22. The topological polar surface area (TPSA) is 92.0 Å². The molecule has 0 saturated heterocycles. The van der Waals surface area contributed by atoms with Gasteiger partial charge in [0.25, 0.3) is 0 Å². The molecular formula is C14H17N3O2. The minimum Gasteiger partial charge on any atom is -0.480 e. The molecule has 0 aliphatic heterocycles. The van der Waals surface area contributed by atoms with Crippen molar-refractivity contribution in [3.05, 3.63) is 41.9 Å². The number of nitrogens with zero attached hydrogens (tertiary/aromatic N) is 1. The highest BCUT2D eigenvalue weighted by atomic mass is 16.4. The lowest BCUT2D eigenvalue weighted by Gasteiger charge is -2.06. The first-order valence-electron chi connectivity index (χ1n) is 6.12. The van der Waals surface area contributed by atoms with E-state index in [1.165, 1.54) is 5.56 Å². The Morgan fingerprint density at radius 3 is 2.47 bits per heavy atom. The second-order valence-corrected chi connectivity index (χ2v) is 4.77. The Bertz CT molecular complexity index is 573. The minimum atomic E-state index is -1.12. The first-order valence-corrected chi connectivity index (χ1v) is 6.12. The Hall–Kier alpha value is -2.14. The number of hydrogen-bond donors (Lipinski definition) is 3. The molecule has 0 bridgehead atoms. The largest absolute Gasteiger partial charge is 0.480 e. The number of aliphatic carboxylic acids is 1. The van der Waals surface area contributed by atoms with Crippen LogP contribution >= 0.6 is 0 Å². The van der Waals surface area contributed by atoms with Crippen molar-refractivity contribution in [1.29, 1.82) is 0 Å². The number of imidazole rings is 1. The number of hydrogen-bond acceptors (Lipinski definition) is 3. The van der Waals surface area contributed by atoms with Crippen molar-refractivity contribution in [2.45, 2.75) is 25.8 Å². The van der Waals surface area contributed by atoms with E-state index in [0.717, 1.165) is 11.3 Å². The number of aromatic amines is 1. The lowest BCUT2D eigenvalue weighted by atomic mass is 10.0. The third-order valence-corrected chi connectivity index (χ3v) is 3.04. The van der Waals surface area contributed by atoms with Crippen molar-refractivity contribution >= 4 is 5.97 Å². The first-order chi connectivity index (χ1) is 8.99. The second kappa shape index (κ2) is 5.24. The quantitative estimate of drug-likeness (QED) is 0.785. The van der Waals surface area contributed by atoms with E-state index < -0.39 is 12.0 Å². The summed E-state index contributed by atoms with van der Waals surface area (Å²) >= 11 is 0. The molecule has 5 heteroatoms. The summed E-state index contributed by atoms with van der Waals surface area (Å²) in [4.78, 5) is 17.7. The van der Waals surface area contributed by atoms with Crippen LogP contribution in [0.4, 0.5) is 0 Å². The minimum absolute atomic E-state index is 0.260. The Kier molecular flexibility index (Phi) is 3.66. The normalized spacial score (nSPS) is 12.6. The van der Waals surface area contributed by atoms with Gasteiger partial charge in [-0.2, -0.15) is 0 Å². The van der Waals surface area contributed by atoms with Gasteiger partial charge in [-0.3, -0.25) is 4.79 Å². The van der Waals surface area contributed by atoms with Gasteiger partial charge in [0.05, 0.1) is 11.9 Å². The van der Waals surface area contributed by atoms with Gasteiger partial charge in [-0.1, -0.05) is 38.1 Å². The van der Waals surface area contributed by atoms with Gasteiger partial charge in [0.1, 0.15) is 5.82 Å². The molecule has 5 nitrogen and oxygen atoms in total. The average molecular weight is 259 g/mol. The molecule has 1 unspecified atom stereocenters. The fraction of sp³-hybridized carbons (Fsp3) is 0.286. The van der Waals surface area contributed by atoms with E-state index in [0.29, 0.717) is 5.92 Å². The maximum Gasteiger partial charge on any atom is 0.328 e. The van der Waals surface area contributed by atoms with Gasteiger partial charge < -0.3 is 15.8 Å². The van der Waals surface area contributed by atoms with Crippen LogP contribution in [0.5, 0.6) is 0 Å². The molecule has 1 aromatic carbocycles. The summed E-state index contributed by atoms with van der Waals surface area (Å²) in [5, 5.41) is 8.83. The summed E-state index contributed by atoms with van der Waals surface area (Å²) in [6.45, 7) is 4.27. The van der Waals surface area contributed by atoms with Crippen LogP contribution in [-0.2, 0) is 4.79 Å². The number of carboxylic acid groups (broad SMARTS) is 1. The number of carboxylic acids is 1. The van der Waals surface area contributed by atoms with Crippen molar-refractivity contribution in [3.63, 3.8) is 0 Å². The number of H-pyrrole nitrogens is 1. The van der Waals surface area contributed by atoms with Gasteiger partial charge in [-0.25, -0.2) is 4.98 Å². The molecule has 0 aliphatic carbocycles. The van der Waals surface area contributed by atoms with Crippen molar-refractivity contribution in [2.75, 3.05) is 0 Å². The van der Waals surface area contributed by atoms with Crippen molar-refractivity contribution in [1.82, 2.24) is 9.97 Å². The fourth-order valence-electron chi connectivity index (χ4n) is 1.81. The maximum absolute atomic E-state index is 10.8. The van der Waals surface area contributed by atoms with Gasteiger partial charge in [0.2, 0.25) is 0 Å². The molecule has 0 spiro atoms. The molecule has 0 saturated carbocycles. The molecule has 0 fully saturated rings. The smallest absolute Gasteiger partial charge is 0.328 e. The van der Waals surface area contributed by atoms with Crippen molar-refractivity contribution < 1.29 is 9.90 Å². The van der Waals surface area contributed by atoms with Gasteiger partial charge in [-0.05, 0) is 17.0 Å². The molecule has 1 atom stereocenters. The fourth-order valence-corrected chi connectivity index (χ4v) is 1.81. The number of rotatable bonds is 4. The molecule has 100 valence electrons. The van der Waals surface area contributed by atoms with Crippen LogP contribution in [0.3, 0.4) is 0 Å². The zero-order chi connectivity index (χ0) is 14.0. The summed E-state index contributed by atoms with van der Waals surface area (Å²) < 4.78 is 0. The van der Waals surface area contributed by atoms with Crippen LogP contribution in [0.25, 0.3) is 11.3 Å². The molecule has 2 rings (SSSR count). The molecule has 0 radical (unpaired) electrons. The van der Waals surface area contributed by atoms with Gasteiger partial charge in [0, 0.05) is 0 Å². The van der Waals surface area contributed by atoms with Crippen LogP contribution in [0.15, 0.2) is 30.5 Å². The van der Waals surface area contributed by atoms with E-state index in [4.69, 9.17) is 10.8 Å². The Balaban J connectivity index is 2.25. The molecular weight excluding hydrogens is 242 g/mol. The van der Waals surface area contributed by atoms with E-state index in [2.05, 4.69) is 35.9 Å². The van der Waals surface area contributed by atoms with E-state index in [1.807, 2.05) is 12.1 Å². The van der Waals surface area contributed by atoms with Crippen molar-refractivity contribution in [3.8, 4) is 11.3 Å². The predicted octanol–water partition coefficient (Wildman–Crippen LogP) is 2.28. The maximum atomic E-state index is 10.8. The Morgan fingerprint density at radius 2 is 1.95 bits per heavy atom. The standard InChI is InChI=1S/C14H17N3O2/c1-8(2)9-3-5-10(6-4-9)11-7-16-13(17-11)12(15)14(18)19/h3-8,12H,15H2,1-2H3,(H,16,17)(H,18,19). The Morgan fingerprint density at radius 1 is 1.32 bits per heavy atom. The highest BCUT2D eigenvalue weighted by Gasteiger charge is 2.17. The highest BCUT2D eigenvalue weighted by molar-refractivity contribution is 5.74. The molecule has 19 heavy (non-hydrogen) atoms. The molecule has 4 N–H and O–H groups in total. The molecule has 0 aliphatic rings. The lowest BCUT2D eigenvalue weighted by Crippen LogP contribution is -2.21. The zero-order valence-electron chi connectivity index (χ0n) is 10.9. The lowest BCUT2D eigenvalue weighted by molar-refractivity contribution is -0.138. The number of nitrogens with two attached hydrogens (primary N) is 1. The third kappa shape index (κ3) is 2.82. The van der Waals surface area contributed by atoms with Gasteiger partial charge in [-0.15, -0.1) is 0 Å². The molecule has 1 heterocycles. The van der Waals surface area contributed by atoms with Gasteiger partial charge >= 0.3 is 5.97 Å². The zero-order valence-corrected chi connectivity index (χ0v) is 10.9. The average Bonchev–Trinajstić information content (AvgIpc) is 2.87. The number of carbonyl (C=O) groups is 1. The Labute approximate surface area is 111 Å². The van der Waals surface area contributed by atoms with E-state index in [-0.39, 0.29) is 5.82 Å². The van der Waals surface area contributed by atoms with Crippen LogP contribution in [0, 0.1) is 0 Å². The van der Waals surface area contributed by atoms with Crippen molar-refractivity contribution in [2.24, 2.45) is 5.73 Å². The second-order valence-electron chi connectivity index (χ2n) is 4.77. The number of nitrogens with one attached hydrogen (secondary N) is 1. The van der Waals surface area contributed by atoms with Gasteiger partial charge in [0.15, 0.2) is 6.04 Å².